The Kier molecular flexibility index (Phi) is 2.49. The summed E-state index contributed by atoms with van der Waals surface area (Å²) < 4.78 is 0. The molecule has 2 rings (SSSR count). The Bertz CT molecular complexity index is 580. The predicted molar refractivity (Wildman–Crippen MR) is 54.0 cm³/mol. The van der Waals surface area contributed by atoms with E-state index in [0.717, 1.165) is 12.1 Å². The van der Waals surface area contributed by atoms with Gasteiger partial charge >= 0.3 is 0 Å². The van der Waals surface area contributed by atoms with Gasteiger partial charge in [-0.15, -0.1) is 0 Å². The van der Waals surface area contributed by atoms with Gasteiger partial charge in [0.15, 0.2) is 12.2 Å². The molecule has 0 aliphatic heterocycles. The summed E-state index contributed by atoms with van der Waals surface area (Å²) in [5.74, 6) is 0.0617. The number of nitrogens with zero attached hydrogens (tertiary/aromatic N) is 4. The fourth-order valence-electron chi connectivity index (χ4n) is 1.28. The molecule has 0 spiro atoms. The highest BCUT2D eigenvalue weighted by Gasteiger charge is 2.22. The first-order valence-electron chi connectivity index (χ1n) is 4.31. The second kappa shape index (κ2) is 3.96. The lowest BCUT2D eigenvalue weighted by atomic mass is 10.1. The Labute approximate surface area is 93.4 Å². The van der Waals surface area contributed by atoms with E-state index < -0.39 is 15.5 Å². The molecule has 0 saturated heterocycles. The number of H-pyrrole nitrogens is 1. The SMILES string of the molecule is O=[N+]([O-])c1ccc(-c2n[c][nH]n2)c([N+](=O)[O-])c1. The zero-order valence-corrected chi connectivity index (χ0v) is 8.15. The van der Waals surface area contributed by atoms with Crippen LogP contribution >= 0.6 is 0 Å². The lowest BCUT2D eigenvalue weighted by Gasteiger charge is -1.98. The van der Waals surface area contributed by atoms with Crippen LogP contribution in [-0.4, -0.2) is 25.0 Å². The van der Waals surface area contributed by atoms with Gasteiger partial charge in [-0.25, -0.2) is 4.98 Å². The molecule has 1 radical (unpaired) electrons. The standard InChI is InChI=1S/C8H4N5O4/c14-12(15)5-1-2-6(7(3-5)13(16)17)8-9-4-10-11-8/h1-3H,(H,9,10,11). The number of aromatic amines is 1. The van der Waals surface area contributed by atoms with Crippen LogP contribution in [0.5, 0.6) is 0 Å². The Morgan fingerprint density at radius 3 is 2.53 bits per heavy atom. The number of nitrogens with one attached hydrogen (secondary N) is 1. The van der Waals surface area contributed by atoms with Crippen molar-refractivity contribution < 1.29 is 9.85 Å². The average Bonchev–Trinajstić information content (AvgIpc) is 2.81. The van der Waals surface area contributed by atoms with Crippen molar-refractivity contribution in [2.24, 2.45) is 0 Å². The lowest BCUT2D eigenvalue weighted by molar-refractivity contribution is -0.393. The molecule has 1 aromatic carbocycles. The van der Waals surface area contributed by atoms with E-state index in [1.54, 1.807) is 0 Å². The molecule has 1 aromatic heterocycles. The molecule has 9 heteroatoms. The van der Waals surface area contributed by atoms with Crippen molar-refractivity contribution in [3.8, 4) is 11.4 Å². The minimum Gasteiger partial charge on any atom is -0.258 e. The fourth-order valence-corrected chi connectivity index (χ4v) is 1.28. The molecule has 0 saturated carbocycles. The summed E-state index contributed by atoms with van der Waals surface area (Å²) in [7, 11) is 0. The Balaban J connectivity index is 2.61. The number of rotatable bonds is 3. The molecule has 1 N–H and O–H groups in total. The fraction of sp³-hybridized carbons (Fsp3) is 0. The smallest absolute Gasteiger partial charge is 0.258 e. The molecule has 0 unspecified atom stereocenters. The van der Waals surface area contributed by atoms with Gasteiger partial charge in [-0.2, -0.15) is 5.10 Å². The van der Waals surface area contributed by atoms with Crippen LogP contribution in [0.3, 0.4) is 0 Å². The van der Waals surface area contributed by atoms with Crippen molar-refractivity contribution >= 4 is 11.4 Å². The lowest BCUT2D eigenvalue weighted by Crippen LogP contribution is -1.96. The Hall–Kier alpha value is -2.84. The highest BCUT2D eigenvalue weighted by atomic mass is 16.6. The molecule has 0 amide bonds. The van der Waals surface area contributed by atoms with E-state index in [1.807, 2.05) is 0 Å². The van der Waals surface area contributed by atoms with Gasteiger partial charge in [0, 0.05) is 6.07 Å². The number of nitro groups is 2. The van der Waals surface area contributed by atoms with Crippen LogP contribution in [0.1, 0.15) is 0 Å². The van der Waals surface area contributed by atoms with Crippen LogP contribution in [-0.2, 0) is 0 Å². The van der Waals surface area contributed by atoms with Crippen molar-refractivity contribution in [3.63, 3.8) is 0 Å². The van der Waals surface area contributed by atoms with E-state index in [-0.39, 0.29) is 17.1 Å². The van der Waals surface area contributed by atoms with Gasteiger partial charge in [0.25, 0.3) is 11.4 Å². The number of hydrogen-bond donors (Lipinski definition) is 1. The maximum absolute atomic E-state index is 10.8. The summed E-state index contributed by atoms with van der Waals surface area (Å²) >= 11 is 0. The first-order chi connectivity index (χ1) is 8.09. The zero-order valence-electron chi connectivity index (χ0n) is 8.15. The summed E-state index contributed by atoms with van der Waals surface area (Å²) in [5, 5.41) is 27.2. The van der Waals surface area contributed by atoms with E-state index >= 15 is 0 Å². The highest BCUT2D eigenvalue weighted by Crippen LogP contribution is 2.30. The molecule has 0 bridgehead atoms. The third-order valence-corrected chi connectivity index (χ3v) is 2.00. The van der Waals surface area contributed by atoms with Crippen LogP contribution in [0.2, 0.25) is 0 Å². The maximum atomic E-state index is 10.8. The molecule has 0 fully saturated rings. The Morgan fingerprint density at radius 1 is 1.24 bits per heavy atom. The van der Waals surface area contributed by atoms with Crippen molar-refractivity contribution in [3.05, 3.63) is 44.8 Å². The molecule has 0 atom stereocenters. The third kappa shape index (κ3) is 1.93. The summed E-state index contributed by atoms with van der Waals surface area (Å²) in [6.07, 6.45) is 2.29. The quantitative estimate of drug-likeness (QED) is 0.625. The van der Waals surface area contributed by atoms with Crippen LogP contribution < -0.4 is 0 Å². The molecular weight excluding hydrogens is 230 g/mol. The summed E-state index contributed by atoms with van der Waals surface area (Å²) in [6.45, 7) is 0. The van der Waals surface area contributed by atoms with E-state index in [4.69, 9.17) is 0 Å². The third-order valence-electron chi connectivity index (χ3n) is 2.00. The van der Waals surface area contributed by atoms with Gasteiger partial charge in [-0.1, -0.05) is 0 Å². The number of non-ortho nitro benzene ring substituents is 1. The van der Waals surface area contributed by atoms with Gasteiger partial charge < -0.3 is 0 Å². The van der Waals surface area contributed by atoms with Crippen LogP contribution in [0.4, 0.5) is 11.4 Å². The predicted octanol–water partition coefficient (Wildman–Crippen LogP) is 1.09. The van der Waals surface area contributed by atoms with E-state index in [0.29, 0.717) is 0 Å². The molecule has 2 aromatic rings. The van der Waals surface area contributed by atoms with Gasteiger partial charge in [-0.3, -0.25) is 25.3 Å². The highest BCUT2D eigenvalue weighted by molar-refractivity contribution is 5.70. The summed E-state index contributed by atoms with van der Waals surface area (Å²) in [4.78, 5) is 23.5. The number of hydrogen-bond acceptors (Lipinski definition) is 6. The van der Waals surface area contributed by atoms with Crippen molar-refractivity contribution in [1.82, 2.24) is 15.2 Å². The average molecular weight is 234 g/mol. The molecule has 85 valence electrons. The van der Waals surface area contributed by atoms with Gasteiger partial charge in [0.2, 0.25) is 0 Å². The molecule has 0 aliphatic rings. The first-order valence-corrected chi connectivity index (χ1v) is 4.31. The Morgan fingerprint density at radius 2 is 2.00 bits per heavy atom. The largest absolute Gasteiger partial charge is 0.287 e. The van der Waals surface area contributed by atoms with Gasteiger partial charge in [-0.05, 0) is 6.07 Å². The normalized spacial score (nSPS) is 10.1. The molecular formula is C8H4N5O4. The van der Waals surface area contributed by atoms with Crippen molar-refractivity contribution in [2.45, 2.75) is 0 Å². The van der Waals surface area contributed by atoms with Crippen LogP contribution in [0.15, 0.2) is 18.2 Å². The number of aromatic nitrogens is 3. The number of benzene rings is 1. The molecule has 1 heterocycles. The van der Waals surface area contributed by atoms with Gasteiger partial charge in [0.1, 0.15) is 0 Å². The minimum atomic E-state index is -0.724. The van der Waals surface area contributed by atoms with Crippen LogP contribution in [0, 0.1) is 26.6 Å². The van der Waals surface area contributed by atoms with E-state index in [2.05, 4.69) is 21.5 Å². The summed E-state index contributed by atoms with van der Waals surface area (Å²) in [6, 6.07) is 3.25. The minimum absolute atomic E-state index is 0.0617. The molecule has 9 nitrogen and oxygen atoms in total. The monoisotopic (exact) mass is 234 g/mol. The molecule has 0 aliphatic carbocycles. The molecule has 17 heavy (non-hydrogen) atoms. The van der Waals surface area contributed by atoms with E-state index in [9.17, 15) is 20.2 Å². The summed E-state index contributed by atoms with van der Waals surface area (Å²) in [5.41, 5.74) is -0.690. The maximum Gasteiger partial charge on any atom is 0.287 e. The van der Waals surface area contributed by atoms with Gasteiger partial charge in [0.05, 0.1) is 21.5 Å². The van der Waals surface area contributed by atoms with E-state index in [1.165, 1.54) is 6.07 Å². The zero-order chi connectivity index (χ0) is 12.4. The second-order valence-corrected chi connectivity index (χ2v) is 2.99. The van der Waals surface area contributed by atoms with Crippen molar-refractivity contribution in [1.29, 1.82) is 0 Å². The topological polar surface area (TPSA) is 128 Å². The first kappa shape index (κ1) is 10.7. The van der Waals surface area contributed by atoms with Crippen molar-refractivity contribution in [2.75, 3.05) is 0 Å². The number of nitro benzene ring substituents is 2. The second-order valence-electron chi connectivity index (χ2n) is 2.99. The van der Waals surface area contributed by atoms with Crippen LogP contribution in [0.25, 0.3) is 11.4 Å².